The average Bonchev–Trinajstić information content (AvgIpc) is 2.49. The molecule has 0 aromatic heterocycles. The van der Waals surface area contributed by atoms with E-state index in [4.69, 9.17) is 10.00 Å². The lowest BCUT2D eigenvalue weighted by Gasteiger charge is -2.21. The molecule has 1 rings (SSSR count). The van der Waals surface area contributed by atoms with Crippen LogP contribution in [-0.4, -0.2) is 30.2 Å². The topological polar surface area (TPSA) is 91.2 Å². The second kappa shape index (κ2) is 8.73. The number of alkyl carbamates (subject to hydrolysis) is 1. The Morgan fingerprint density at radius 3 is 2.46 bits per heavy atom. The molecule has 0 fully saturated rings. The number of carbonyl (C=O) groups is 2. The zero-order valence-corrected chi connectivity index (χ0v) is 14.4. The molecule has 0 saturated carbocycles. The molecular weight excluding hydrogens is 306 g/mol. The van der Waals surface area contributed by atoms with E-state index >= 15 is 0 Å². The van der Waals surface area contributed by atoms with Crippen LogP contribution in [0.4, 0.5) is 4.79 Å². The molecule has 1 atom stereocenters. The van der Waals surface area contributed by atoms with Gasteiger partial charge in [0.1, 0.15) is 11.6 Å². The molecule has 6 nitrogen and oxygen atoms in total. The number of amides is 2. The van der Waals surface area contributed by atoms with Crippen LogP contribution in [0.3, 0.4) is 0 Å². The number of nitrogens with one attached hydrogen (secondary N) is 2. The molecule has 0 aliphatic rings. The maximum absolute atomic E-state index is 11.9. The largest absolute Gasteiger partial charge is 0.444 e. The maximum Gasteiger partial charge on any atom is 0.408 e. The summed E-state index contributed by atoms with van der Waals surface area (Å²) in [5, 5.41) is 13.9. The molecule has 0 bridgehead atoms. The number of benzene rings is 1. The summed E-state index contributed by atoms with van der Waals surface area (Å²) < 4.78 is 5.09. The first-order valence-electron chi connectivity index (χ1n) is 7.65. The molecule has 0 aliphatic heterocycles. The zero-order chi connectivity index (χ0) is 18.2. The number of hydrogen-bond acceptors (Lipinski definition) is 4. The Bertz CT molecular complexity index is 637. The molecule has 24 heavy (non-hydrogen) atoms. The van der Waals surface area contributed by atoms with Crippen molar-refractivity contribution in [3.05, 3.63) is 41.5 Å². The molecule has 0 heterocycles. The highest BCUT2D eigenvalue weighted by atomic mass is 16.6. The minimum atomic E-state index is -0.692. The maximum atomic E-state index is 11.9. The van der Waals surface area contributed by atoms with Crippen molar-refractivity contribution in [3.63, 3.8) is 0 Å². The van der Waals surface area contributed by atoms with Gasteiger partial charge in [-0.2, -0.15) is 5.26 Å². The standard InChI is InChI=1S/C18H23N3O3/c1-13(21-17(23)24-18(2,3)4)16(22)20-11-5-6-14-7-9-15(12-19)10-8-14/h5-10,13H,11H2,1-4H3,(H,20,22)(H,21,23)/t13-/m1/s1. The second-order valence-corrected chi connectivity index (χ2v) is 6.25. The van der Waals surface area contributed by atoms with Crippen LogP contribution in [0.1, 0.15) is 38.8 Å². The summed E-state index contributed by atoms with van der Waals surface area (Å²) in [5.74, 6) is -0.301. The Balaban J connectivity index is 2.38. The highest BCUT2D eigenvalue weighted by Gasteiger charge is 2.20. The third-order valence-corrected chi connectivity index (χ3v) is 2.87. The lowest BCUT2D eigenvalue weighted by atomic mass is 10.1. The summed E-state index contributed by atoms with van der Waals surface area (Å²) in [6.45, 7) is 7.19. The molecule has 0 unspecified atom stereocenters. The Labute approximate surface area is 142 Å². The van der Waals surface area contributed by atoms with E-state index < -0.39 is 17.7 Å². The molecule has 1 aromatic rings. The van der Waals surface area contributed by atoms with Crippen LogP contribution in [0.15, 0.2) is 30.3 Å². The van der Waals surface area contributed by atoms with Gasteiger partial charge in [0.05, 0.1) is 11.6 Å². The zero-order valence-electron chi connectivity index (χ0n) is 14.4. The van der Waals surface area contributed by atoms with Crippen LogP contribution >= 0.6 is 0 Å². The van der Waals surface area contributed by atoms with E-state index in [1.165, 1.54) is 0 Å². The molecule has 0 radical (unpaired) electrons. The van der Waals surface area contributed by atoms with Crippen LogP contribution in [0.2, 0.25) is 0 Å². The monoisotopic (exact) mass is 329 g/mol. The van der Waals surface area contributed by atoms with Gasteiger partial charge in [-0.3, -0.25) is 4.79 Å². The van der Waals surface area contributed by atoms with Crippen molar-refractivity contribution in [1.29, 1.82) is 5.26 Å². The lowest BCUT2D eigenvalue weighted by molar-refractivity contribution is -0.122. The number of carbonyl (C=O) groups excluding carboxylic acids is 2. The van der Waals surface area contributed by atoms with Gasteiger partial charge in [-0.05, 0) is 45.4 Å². The Kier molecular flexibility index (Phi) is 6.99. The first-order valence-corrected chi connectivity index (χ1v) is 7.65. The minimum absolute atomic E-state index is 0.301. The van der Waals surface area contributed by atoms with E-state index in [1.54, 1.807) is 45.9 Å². The van der Waals surface area contributed by atoms with Crippen molar-refractivity contribution in [2.45, 2.75) is 39.3 Å². The minimum Gasteiger partial charge on any atom is -0.444 e. The van der Waals surface area contributed by atoms with Crippen LogP contribution in [-0.2, 0) is 9.53 Å². The van der Waals surface area contributed by atoms with Gasteiger partial charge in [0.2, 0.25) is 5.91 Å². The fourth-order valence-corrected chi connectivity index (χ4v) is 1.73. The first kappa shape index (κ1) is 19.2. The van der Waals surface area contributed by atoms with Gasteiger partial charge in [-0.15, -0.1) is 0 Å². The van der Waals surface area contributed by atoms with Crippen LogP contribution in [0.25, 0.3) is 6.08 Å². The summed E-state index contributed by atoms with van der Waals surface area (Å²) in [6.07, 6.45) is 3.01. The quantitative estimate of drug-likeness (QED) is 0.868. The van der Waals surface area contributed by atoms with Gasteiger partial charge >= 0.3 is 6.09 Å². The molecule has 2 amide bonds. The van der Waals surface area contributed by atoms with Gasteiger partial charge in [0, 0.05) is 6.54 Å². The van der Waals surface area contributed by atoms with E-state index in [-0.39, 0.29) is 5.91 Å². The summed E-state index contributed by atoms with van der Waals surface area (Å²) in [7, 11) is 0. The van der Waals surface area contributed by atoms with Crippen molar-refractivity contribution >= 4 is 18.1 Å². The summed E-state index contributed by atoms with van der Waals surface area (Å²) in [4.78, 5) is 23.5. The highest BCUT2D eigenvalue weighted by Crippen LogP contribution is 2.07. The normalized spacial score (nSPS) is 12.3. The van der Waals surface area contributed by atoms with Crippen LogP contribution in [0, 0.1) is 11.3 Å². The summed E-state index contributed by atoms with van der Waals surface area (Å²) in [5.41, 5.74) is 0.926. The number of rotatable bonds is 5. The van der Waals surface area contributed by atoms with Gasteiger partial charge in [-0.1, -0.05) is 24.3 Å². The van der Waals surface area contributed by atoms with Gasteiger partial charge in [0.25, 0.3) is 0 Å². The van der Waals surface area contributed by atoms with Gasteiger partial charge in [-0.25, -0.2) is 4.79 Å². The van der Waals surface area contributed by atoms with Gasteiger partial charge < -0.3 is 15.4 Å². The SMILES string of the molecule is C[C@@H](NC(=O)OC(C)(C)C)C(=O)NCC=Cc1ccc(C#N)cc1. The molecular formula is C18H23N3O3. The van der Waals surface area contributed by atoms with Crippen molar-refractivity contribution in [2.24, 2.45) is 0 Å². The predicted molar refractivity (Wildman–Crippen MR) is 92.0 cm³/mol. The lowest BCUT2D eigenvalue weighted by Crippen LogP contribution is -2.46. The average molecular weight is 329 g/mol. The van der Waals surface area contributed by atoms with Crippen molar-refractivity contribution in [3.8, 4) is 6.07 Å². The van der Waals surface area contributed by atoms with Crippen molar-refractivity contribution < 1.29 is 14.3 Å². The van der Waals surface area contributed by atoms with Crippen LogP contribution in [0.5, 0.6) is 0 Å². The fourth-order valence-electron chi connectivity index (χ4n) is 1.73. The molecule has 2 N–H and O–H groups in total. The number of nitrogens with zero attached hydrogens (tertiary/aromatic N) is 1. The van der Waals surface area contributed by atoms with E-state index in [1.807, 2.05) is 18.2 Å². The fraction of sp³-hybridized carbons (Fsp3) is 0.389. The van der Waals surface area contributed by atoms with Gasteiger partial charge in [0.15, 0.2) is 0 Å². The van der Waals surface area contributed by atoms with Crippen LogP contribution < -0.4 is 10.6 Å². The second-order valence-electron chi connectivity index (χ2n) is 6.25. The Hall–Kier alpha value is -2.81. The molecule has 6 heteroatoms. The van der Waals surface area contributed by atoms with E-state index in [0.29, 0.717) is 12.1 Å². The molecule has 0 saturated heterocycles. The number of nitriles is 1. The molecule has 128 valence electrons. The van der Waals surface area contributed by atoms with E-state index in [2.05, 4.69) is 16.7 Å². The third kappa shape index (κ3) is 7.45. The predicted octanol–water partition coefficient (Wildman–Crippen LogP) is 2.60. The third-order valence-electron chi connectivity index (χ3n) is 2.87. The molecule has 0 spiro atoms. The van der Waals surface area contributed by atoms with Crippen molar-refractivity contribution in [2.75, 3.05) is 6.54 Å². The van der Waals surface area contributed by atoms with E-state index in [0.717, 1.165) is 5.56 Å². The molecule has 1 aromatic carbocycles. The first-order chi connectivity index (χ1) is 11.2. The Morgan fingerprint density at radius 2 is 1.92 bits per heavy atom. The number of hydrogen-bond donors (Lipinski definition) is 2. The Morgan fingerprint density at radius 1 is 1.29 bits per heavy atom. The summed E-state index contributed by atoms with van der Waals surface area (Å²) >= 11 is 0. The number of ether oxygens (including phenoxy) is 1. The smallest absolute Gasteiger partial charge is 0.408 e. The van der Waals surface area contributed by atoms with E-state index in [9.17, 15) is 9.59 Å². The van der Waals surface area contributed by atoms with Crippen molar-refractivity contribution in [1.82, 2.24) is 10.6 Å². The molecule has 0 aliphatic carbocycles. The highest BCUT2D eigenvalue weighted by molar-refractivity contribution is 5.85. The summed E-state index contributed by atoms with van der Waals surface area (Å²) in [6, 6.07) is 8.46.